The second-order valence-electron chi connectivity index (χ2n) is 7.73. The van der Waals surface area contributed by atoms with Gasteiger partial charge < -0.3 is 4.90 Å². The molecule has 1 aromatic heterocycles. The van der Waals surface area contributed by atoms with E-state index in [2.05, 4.69) is 39.0 Å². The van der Waals surface area contributed by atoms with Crippen LogP contribution < -0.4 is 0 Å². The molecule has 1 saturated heterocycles. The lowest BCUT2D eigenvalue weighted by Gasteiger charge is -2.23. The van der Waals surface area contributed by atoms with Gasteiger partial charge in [0.15, 0.2) is 5.16 Å². The minimum Gasteiger partial charge on any atom is -0.342 e. The zero-order chi connectivity index (χ0) is 20.8. The Balaban J connectivity index is 1.58. The molecular weight excluding hydrogens is 392 g/mol. The van der Waals surface area contributed by atoms with Gasteiger partial charge in [-0.1, -0.05) is 73.1 Å². The standard InChI is InChI=1S/C24H28N4OS/c1-19(23(29)27-16-10-2-3-11-17-27)30-24-26-25-22(18-20-12-6-4-7-13-20)28(24)21-14-8-5-9-15-21/h4-9,12-15,19H,2-3,10-11,16-18H2,1H3. The number of hydrogen-bond acceptors (Lipinski definition) is 4. The van der Waals surface area contributed by atoms with Crippen LogP contribution in [0.4, 0.5) is 0 Å². The zero-order valence-corrected chi connectivity index (χ0v) is 18.2. The summed E-state index contributed by atoms with van der Waals surface area (Å²) in [6.45, 7) is 3.72. The van der Waals surface area contributed by atoms with Crippen LogP contribution in [-0.4, -0.2) is 43.9 Å². The van der Waals surface area contributed by atoms with E-state index in [-0.39, 0.29) is 11.2 Å². The fourth-order valence-electron chi connectivity index (χ4n) is 3.86. The summed E-state index contributed by atoms with van der Waals surface area (Å²) in [5, 5.41) is 9.55. The topological polar surface area (TPSA) is 51.0 Å². The van der Waals surface area contributed by atoms with E-state index in [1.165, 1.54) is 30.2 Å². The fourth-order valence-corrected chi connectivity index (χ4v) is 4.83. The molecule has 0 bridgehead atoms. The van der Waals surface area contributed by atoms with E-state index in [1.807, 2.05) is 48.2 Å². The third kappa shape index (κ3) is 4.93. The van der Waals surface area contributed by atoms with Crippen LogP contribution in [-0.2, 0) is 11.2 Å². The number of carbonyl (C=O) groups excluding carboxylic acids is 1. The molecule has 0 radical (unpaired) electrons. The number of aromatic nitrogens is 3. The Morgan fingerprint density at radius 1 is 0.933 bits per heavy atom. The van der Waals surface area contributed by atoms with Crippen molar-refractivity contribution in [3.05, 3.63) is 72.1 Å². The van der Waals surface area contributed by atoms with E-state index in [0.717, 1.165) is 42.6 Å². The number of para-hydroxylation sites is 1. The van der Waals surface area contributed by atoms with Gasteiger partial charge in [0.05, 0.1) is 5.25 Å². The molecule has 0 aliphatic carbocycles. The van der Waals surface area contributed by atoms with Crippen LogP contribution in [0.1, 0.15) is 44.0 Å². The molecule has 2 heterocycles. The maximum Gasteiger partial charge on any atom is 0.235 e. The molecule has 5 nitrogen and oxygen atoms in total. The first kappa shape index (κ1) is 20.7. The molecular formula is C24H28N4OS. The van der Waals surface area contributed by atoms with E-state index < -0.39 is 0 Å². The SMILES string of the molecule is CC(Sc1nnc(Cc2ccccc2)n1-c1ccccc1)C(=O)N1CCCCCC1. The molecule has 0 spiro atoms. The van der Waals surface area contributed by atoms with E-state index in [4.69, 9.17) is 0 Å². The molecule has 3 aromatic rings. The molecule has 30 heavy (non-hydrogen) atoms. The van der Waals surface area contributed by atoms with Crippen LogP contribution in [0, 0.1) is 0 Å². The Hall–Kier alpha value is -2.60. The molecule has 2 aromatic carbocycles. The minimum absolute atomic E-state index is 0.195. The van der Waals surface area contributed by atoms with Gasteiger partial charge in [-0.25, -0.2) is 0 Å². The first-order valence-electron chi connectivity index (χ1n) is 10.7. The molecule has 1 amide bonds. The largest absolute Gasteiger partial charge is 0.342 e. The summed E-state index contributed by atoms with van der Waals surface area (Å²) in [7, 11) is 0. The van der Waals surface area contributed by atoms with E-state index in [0.29, 0.717) is 6.42 Å². The fraction of sp³-hybridized carbons (Fsp3) is 0.375. The number of benzene rings is 2. The highest BCUT2D eigenvalue weighted by atomic mass is 32.2. The van der Waals surface area contributed by atoms with Crippen LogP contribution in [0.3, 0.4) is 0 Å². The summed E-state index contributed by atoms with van der Waals surface area (Å²) in [6, 6.07) is 20.4. The second-order valence-corrected chi connectivity index (χ2v) is 9.04. The smallest absolute Gasteiger partial charge is 0.235 e. The van der Waals surface area contributed by atoms with Crippen LogP contribution in [0.25, 0.3) is 5.69 Å². The normalized spacial score (nSPS) is 15.6. The van der Waals surface area contributed by atoms with Gasteiger partial charge in [-0.2, -0.15) is 0 Å². The van der Waals surface area contributed by atoms with Crippen molar-refractivity contribution in [3.8, 4) is 5.69 Å². The number of nitrogens with zero attached hydrogens (tertiary/aromatic N) is 4. The molecule has 0 saturated carbocycles. The van der Waals surface area contributed by atoms with Crippen LogP contribution >= 0.6 is 11.8 Å². The summed E-state index contributed by atoms with van der Waals surface area (Å²) in [5.41, 5.74) is 2.21. The molecule has 4 rings (SSSR count). The average molecular weight is 421 g/mol. The lowest BCUT2D eigenvalue weighted by atomic mass is 10.1. The highest BCUT2D eigenvalue weighted by Gasteiger charge is 2.25. The van der Waals surface area contributed by atoms with Crippen LogP contribution in [0.5, 0.6) is 0 Å². The monoisotopic (exact) mass is 420 g/mol. The van der Waals surface area contributed by atoms with E-state index >= 15 is 0 Å². The second kappa shape index (κ2) is 9.94. The van der Waals surface area contributed by atoms with Gasteiger partial charge in [0.2, 0.25) is 5.91 Å². The minimum atomic E-state index is -0.195. The van der Waals surface area contributed by atoms with Crippen molar-refractivity contribution in [1.29, 1.82) is 0 Å². The Kier molecular flexibility index (Phi) is 6.84. The van der Waals surface area contributed by atoms with Gasteiger partial charge in [0.1, 0.15) is 5.82 Å². The zero-order valence-electron chi connectivity index (χ0n) is 17.4. The number of thioether (sulfide) groups is 1. The third-order valence-electron chi connectivity index (χ3n) is 5.47. The van der Waals surface area contributed by atoms with Gasteiger partial charge >= 0.3 is 0 Å². The maximum absolute atomic E-state index is 13.0. The Labute approximate surface area is 182 Å². The summed E-state index contributed by atoms with van der Waals surface area (Å²) in [4.78, 5) is 15.1. The van der Waals surface area contributed by atoms with Crippen molar-refractivity contribution in [3.63, 3.8) is 0 Å². The number of carbonyl (C=O) groups is 1. The average Bonchev–Trinajstić information content (AvgIpc) is 2.98. The first-order chi connectivity index (χ1) is 14.7. The number of rotatable bonds is 6. The molecule has 1 unspecified atom stereocenters. The molecule has 1 atom stereocenters. The predicted octanol–water partition coefficient (Wildman–Crippen LogP) is 4.74. The number of amides is 1. The van der Waals surface area contributed by atoms with E-state index in [9.17, 15) is 4.79 Å². The van der Waals surface area contributed by atoms with E-state index in [1.54, 1.807) is 0 Å². The predicted molar refractivity (Wildman–Crippen MR) is 121 cm³/mol. The lowest BCUT2D eigenvalue weighted by Crippen LogP contribution is -2.37. The molecule has 0 N–H and O–H groups in total. The van der Waals surface area contributed by atoms with Gasteiger partial charge in [-0.3, -0.25) is 9.36 Å². The van der Waals surface area contributed by atoms with Gasteiger partial charge in [0.25, 0.3) is 0 Å². The highest BCUT2D eigenvalue weighted by Crippen LogP contribution is 2.28. The van der Waals surface area contributed by atoms with Crippen molar-refractivity contribution >= 4 is 17.7 Å². The molecule has 1 aliphatic heterocycles. The molecule has 156 valence electrons. The third-order valence-corrected chi connectivity index (χ3v) is 6.50. The van der Waals surface area contributed by atoms with Crippen LogP contribution in [0.2, 0.25) is 0 Å². The van der Waals surface area contributed by atoms with Crippen molar-refractivity contribution < 1.29 is 4.79 Å². The Morgan fingerprint density at radius 2 is 1.57 bits per heavy atom. The maximum atomic E-state index is 13.0. The Bertz CT molecular complexity index is 950. The summed E-state index contributed by atoms with van der Waals surface area (Å²) >= 11 is 1.50. The quantitative estimate of drug-likeness (QED) is 0.541. The van der Waals surface area contributed by atoms with Crippen LogP contribution in [0.15, 0.2) is 65.8 Å². The van der Waals surface area contributed by atoms with Crippen molar-refractivity contribution in [2.75, 3.05) is 13.1 Å². The first-order valence-corrected chi connectivity index (χ1v) is 11.6. The number of hydrogen-bond donors (Lipinski definition) is 0. The van der Waals surface area contributed by atoms with Crippen molar-refractivity contribution in [1.82, 2.24) is 19.7 Å². The molecule has 1 aliphatic rings. The summed E-state index contributed by atoms with van der Waals surface area (Å²) < 4.78 is 2.09. The Morgan fingerprint density at radius 3 is 2.23 bits per heavy atom. The molecule has 6 heteroatoms. The van der Waals surface area contributed by atoms with Crippen molar-refractivity contribution in [2.45, 2.75) is 49.4 Å². The van der Waals surface area contributed by atoms with Gasteiger partial charge in [-0.05, 0) is 37.5 Å². The summed E-state index contributed by atoms with van der Waals surface area (Å²) in [5.74, 6) is 1.08. The molecule has 1 fully saturated rings. The number of likely N-dealkylation sites (tertiary alicyclic amines) is 1. The highest BCUT2D eigenvalue weighted by molar-refractivity contribution is 8.00. The van der Waals surface area contributed by atoms with Gasteiger partial charge in [0, 0.05) is 25.2 Å². The lowest BCUT2D eigenvalue weighted by molar-refractivity contribution is -0.130. The summed E-state index contributed by atoms with van der Waals surface area (Å²) in [6.07, 6.45) is 5.33. The van der Waals surface area contributed by atoms with Crippen molar-refractivity contribution in [2.24, 2.45) is 0 Å². The van der Waals surface area contributed by atoms with Gasteiger partial charge in [-0.15, -0.1) is 10.2 Å².